The Balaban J connectivity index is 2.62. The lowest BCUT2D eigenvalue weighted by atomic mass is 9.74. The van der Waals surface area contributed by atoms with Gasteiger partial charge in [-0.3, -0.25) is 4.79 Å². The molecule has 10 heteroatoms. The fourth-order valence-corrected chi connectivity index (χ4v) is 5.10. The van der Waals surface area contributed by atoms with E-state index in [9.17, 15) is 14.7 Å². The van der Waals surface area contributed by atoms with Crippen molar-refractivity contribution in [1.29, 1.82) is 0 Å². The maximum absolute atomic E-state index is 13.1. The summed E-state index contributed by atoms with van der Waals surface area (Å²) >= 11 is 0. The minimum Gasteiger partial charge on any atom is -0.504 e. The molecule has 1 aliphatic rings. The molecule has 2 aromatic carbocycles. The second-order valence-corrected chi connectivity index (χ2v) is 9.58. The van der Waals surface area contributed by atoms with Crippen molar-refractivity contribution in [3.8, 4) is 45.6 Å². The topological polar surface area (TPSA) is 119 Å². The number of benzene rings is 2. The fourth-order valence-electron chi connectivity index (χ4n) is 5.10. The van der Waals surface area contributed by atoms with Crippen LogP contribution < -0.4 is 23.7 Å². The number of hydrogen-bond acceptors (Lipinski definition) is 10. The quantitative estimate of drug-likeness (QED) is 0.327. The maximum atomic E-state index is 13.1. The van der Waals surface area contributed by atoms with Gasteiger partial charge in [0.1, 0.15) is 12.2 Å². The molecule has 4 unspecified atom stereocenters. The molecule has 1 aliphatic carbocycles. The van der Waals surface area contributed by atoms with Gasteiger partial charge in [0.15, 0.2) is 23.0 Å². The van der Waals surface area contributed by atoms with E-state index in [2.05, 4.69) is 0 Å². The van der Waals surface area contributed by atoms with Crippen molar-refractivity contribution in [2.75, 3.05) is 35.5 Å². The Bertz CT molecular complexity index is 1310. The van der Waals surface area contributed by atoms with Crippen molar-refractivity contribution in [3.63, 3.8) is 0 Å². The van der Waals surface area contributed by atoms with E-state index < -0.39 is 36.0 Å². The first kappa shape index (κ1) is 30.5. The van der Waals surface area contributed by atoms with Crippen LogP contribution in [0.3, 0.4) is 0 Å². The Hall–Kier alpha value is -4.08. The number of hydrogen-bond donors (Lipinski definition) is 1. The first-order chi connectivity index (χ1) is 19.0. The van der Waals surface area contributed by atoms with Crippen LogP contribution in [0.15, 0.2) is 23.8 Å². The zero-order valence-electron chi connectivity index (χ0n) is 24.7. The van der Waals surface area contributed by atoms with Crippen molar-refractivity contribution in [2.24, 2.45) is 11.8 Å². The third-order valence-electron chi connectivity index (χ3n) is 7.46. The summed E-state index contributed by atoms with van der Waals surface area (Å²) in [7, 11) is 7.25. The molecule has 1 N–H and O–H groups in total. The summed E-state index contributed by atoms with van der Waals surface area (Å²) in [5.41, 5.74) is 1.97. The zero-order chi connectivity index (χ0) is 29.9. The lowest BCUT2D eigenvalue weighted by Gasteiger charge is -2.38. The van der Waals surface area contributed by atoms with Gasteiger partial charge >= 0.3 is 11.9 Å². The Morgan fingerprint density at radius 3 is 1.65 bits per heavy atom. The highest BCUT2D eigenvalue weighted by atomic mass is 16.6. The van der Waals surface area contributed by atoms with Crippen molar-refractivity contribution >= 4 is 11.9 Å². The normalized spacial score (nSPS) is 20.2. The molecule has 0 spiro atoms. The molecule has 0 saturated carbocycles. The van der Waals surface area contributed by atoms with Gasteiger partial charge in [0, 0.05) is 46.6 Å². The number of esters is 2. The van der Waals surface area contributed by atoms with Crippen LogP contribution in [0.4, 0.5) is 0 Å². The van der Waals surface area contributed by atoms with Crippen LogP contribution in [0.5, 0.6) is 34.5 Å². The number of carbonyl (C=O) groups is 2. The molecule has 0 radical (unpaired) electrons. The monoisotopic (exact) mass is 558 g/mol. The van der Waals surface area contributed by atoms with Crippen LogP contribution in [0.25, 0.3) is 11.1 Å². The summed E-state index contributed by atoms with van der Waals surface area (Å²) in [6.45, 7) is 8.51. The molecule has 0 aromatic heterocycles. The molecule has 40 heavy (non-hydrogen) atoms. The smallest absolute Gasteiger partial charge is 0.333 e. The number of ether oxygens (including phenoxy) is 7. The van der Waals surface area contributed by atoms with Gasteiger partial charge < -0.3 is 38.3 Å². The van der Waals surface area contributed by atoms with E-state index in [4.69, 9.17) is 33.2 Å². The predicted octanol–water partition coefficient (Wildman–Crippen LogP) is 5.54. The molecule has 4 atom stereocenters. The summed E-state index contributed by atoms with van der Waals surface area (Å²) in [5, 5.41) is 11.8. The van der Waals surface area contributed by atoms with Crippen molar-refractivity contribution in [1.82, 2.24) is 0 Å². The number of phenolic OH excluding ortho intramolecular Hbond substituents is 1. The van der Waals surface area contributed by atoms with E-state index in [0.717, 1.165) is 0 Å². The van der Waals surface area contributed by atoms with Crippen molar-refractivity contribution in [2.45, 2.75) is 46.8 Å². The van der Waals surface area contributed by atoms with E-state index in [0.29, 0.717) is 28.0 Å². The number of aromatic hydroxyl groups is 1. The third kappa shape index (κ3) is 5.22. The van der Waals surface area contributed by atoms with Gasteiger partial charge in [0.2, 0.25) is 11.5 Å². The third-order valence-corrected chi connectivity index (χ3v) is 7.46. The molecule has 0 saturated heterocycles. The summed E-state index contributed by atoms with van der Waals surface area (Å²) in [5.74, 6) is -1.03. The minimum atomic E-state index is -0.901. The van der Waals surface area contributed by atoms with Gasteiger partial charge in [0.25, 0.3) is 0 Å². The van der Waals surface area contributed by atoms with E-state index >= 15 is 0 Å². The van der Waals surface area contributed by atoms with E-state index in [1.807, 2.05) is 13.8 Å². The molecule has 2 aromatic rings. The van der Waals surface area contributed by atoms with E-state index in [-0.39, 0.29) is 34.3 Å². The lowest BCUT2D eigenvalue weighted by molar-refractivity contribution is -0.157. The molecular formula is C30H38O10. The highest BCUT2D eigenvalue weighted by Gasteiger charge is 2.43. The molecule has 0 bridgehead atoms. The SMILES string of the molecule is C/C=C(/C)C(=O)OC1c2cc(OC)c(OC)c(O)c2-c2c(cc(OC)c(OC)c2OC)C(OC(C)=O)C(C)C1C. The molecule has 0 fully saturated rings. The van der Waals surface area contributed by atoms with Gasteiger partial charge in [-0.15, -0.1) is 0 Å². The first-order valence-electron chi connectivity index (χ1n) is 12.8. The van der Waals surface area contributed by atoms with Crippen LogP contribution in [0.2, 0.25) is 0 Å². The largest absolute Gasteiger partial charge is 0.504 e. The average Bonchev–Trinajstić information content (AvgIpc) is 2.95. The van der Waals surface area contributed by atoms with Gasteiger partial charge in [-0.25, -0.2) is 4.79 Å². The second kappa shape index (κ2) is 12.4. The fraction of sp³-hybridized carbons (Fsp3) is 0.467. The lowest BCUT2D eigenvalue weighted by Crippen LogP contribution is -2.31. The Morgan fingerprint density at radius 1 is 0.725 bits per heavy atom. The van der Waals surface area contributed by atoms with Gasteiger partial charge in [0.05, 0.1) is 35.5 Å². The number of phenols is 1. The van der Waals surface area contributed by atoms with Gasteiger partial charge in [-0.1, -0.05) is 19.9 Å². The summed E-state index contributed by atoms with van der Waals surface area (Å²) in [6, 6.07) is 3.37. The summed E-state index contributed by atoms with van der Waals surface area (Å²) in [6.07, 6.45) is -0.0910. The highest BCUT2D eigenvalue weighted by molar-refractivity contribution is 5.90. The Kier molecular flexibility index (Phi) is 9.44. The molecule has 0 heterocycles. The van der Waals surface area contributed by atoms with Gasteiger partial charge in [-0.05, 0) is 26.0 Å². The molecule has 218 valence electrons. The maximum Gasteiger partial charge on any atom is 0.333 e. The number of rotatable bonds is 8. The molecule has 0 amide bonds. The van der Waals surface area contributed by atoms with Crippen LogP contribution in [0, 0.1) is 11.8 Å². The first-order valence-corrected chi connectivity index (χ1v) is 12.8. The van der Waals surface area contributed by atoms with Crippen molar-refractivity contribution in [3.05, 3.63) is 34.9 Å². The number of allylic oxidation sites excluding steroid dienone is 1. The number of fused-ring (bicyclic) bond motifs is 3. The zero-order valence-corrected chi connectivity index (χ0v) is 24.7. The average molecular weight is 559 g/mol. The minimum absolute atomic E-state index is 0.0593. The molecule has 0 aliphatic heterocycles. The molecule has 3 rings (SSSR count). The molecular weight excluding hydrogens is 520 g/mol. The van der Waals surface area contributed by atoms with Crippen LogP contribution in [0.1, 0.15) is 58.0 Å². The number of methoxy groups -OCH3 is 5. The number of carbonyl (C=O) groups excluding carboxylic acids is 2. The summed E-state index contributed by atoms with van der Waals surface area (Å²) in [4.78, 5) is 25.5. The highest BCUT2D eigenvalue weighted by Crippen LogP contribution is 2.59. The summed E-state index contributed by atoms with van der Waals surface area (Å²) < 4.78 is 40.2. The Labute approximate surface area is 234 Å². The van der Waals surface area contributed by atoms with Crippen LogP contribution in [-0.2, 0) is 19.1 Å². The molecule has 10 nitrogen and oxygen atoms in total. The Morgan fingerprint density at radius 2 is 1.20 bits per heavy atom. The van der Waals surface area contributed by atoms with E-state index in [1.54, 1.807) is 32.1 Å². The van der Waals surface area contributed by atoms with Gasteiger partial charge in [-0.2, -0.15) is 0 Å². The van der Waals surface area contributed by atoms with Crippen LogP contribution in [-0.4, -0.2) is 52.6 Å². The van der Waals surface area contributed by atoms with Crippen molar-refractivity contribution < 1.29 is 47.9 Å². The van der Waals surface area contributed by atoms with Crippen LogP contribution >= 0.6 is 0 Å². The predicted molar refractivity (Wildman–Crippen MR) is 147 cm³/mol. The second-order valence-electron chi connectivity index (χ2n) is 9.58. The van der Waals surface area contributed by atoms with E-state index in [1.165, 1.54) is 42.5 Å². The standard InChI is InChI=1S/C30H38O10/c1-11-14(2)30(33)40-26-16(4)15(3)25(39-17(5)31)19-13-21(35-7)28(37-9)29(38-10)23(19)22-18(26)12-20(34-6)27(36-8)24(22)32/h11-13,15-16,25-26,32H,1-10H3/b14-11-.